The van der Waals surface area contributed by atoms with Crippen molar-refractivity contribution in [3.63, 3.8) is 0 Å². The Hall–Kier alpha value is -2.14. The predicted octanol–water partition coefficient (Wildman–Crippen LogP) is 4.05. The van der Waals surface area contributed by atoms with Crippen LogP contribution in [-0.2, 0) is 5.75 Å². The van der Waals surface area contributed by atoms with Crippen LogP contribution < -0.4 is 5.56 Å². The summed E-state index contributed by atoms with van der Waals surface area (Å²) in [5.41, 5.74) is 1.77. The molecule has 2 aromatic heterocycles. The van der Waals surface area contributed by atoms with Crippen LogP contribution in [0, 0.1) is 0 Å². The normalized spacial score (nSPS) is 12.4. The number of rotatable bonds is 5. The number of benzene rings is 1. The molecule has 1 aromatic carbocycles. The number of para-hydroxylation sites is 1. The van der Waals surface area contributed by atoms with Gasteiger partial charge in [0.1, 0.15) is 0 Å². The van der Waals surface area contributed by atoms with Gasteiger partial charge in [0.2, 0.25) is 0 Å². The molecule has 0 aliphatic carbocycles. The SMILES string of the molecule is CC[C@H](C)n1c(SCc2ccccn2)nc2ccccc2c1=O. The van der Waals surface area contributed by atoms with E-state index in [-0.39, 0.29) is 11.6 Å². The first-order valence-electron chi connectivity index (χ1n) is 7.74. The monoisotopic (exact) mass is 325 g/mol. The van der Waals surface area contributed by atoms with E-state index in [1.54, 1.807) is 18.0 Å². The number of hydrogen-bond donors (Lipinski definition) is 0. The zero-order valence-electron chi connectivity index (χ0n) is 13.3. The molecule has 0 saturated carbocycles. The Bertz CT molecular complexity index is 861. The first kappa shape index (κ1) is 15.7. The van der Waals surface area contributed by atoms with Crippen molar-refractivity contribution in [3.05, 3.63) is 64.7 Å². The van der Waals surface area contributed by atoms with Crippen LogP contribution >= 0.6 is 11.8 Å². The summed E-state index contributed by atoms with van der Waals surface area (Å²) in [6, 6.07) is 13.5. The van der Waals surface area contributed by atoms with E-state index in [9.17, 15) is 4.79 Å². The summed E-state index contributed by atoms with van der Waals surface area (Å²) in [5, 5.41) is 1.43. The Morgan fingerprint density at radius 3 is 2.70 bits per heavy atom. The average Bonchev–Trinajstić information content (AvgIpc) is 2.60. The number of pyridine rings is 1. The third-order valence-electron chi connectivity index (χ3n) is 3.88. The van der Waals surface area contributed by atoms with Gasteiger partial charge in [0.15, 0.2) is 5.16 Å². The maximum atomic E-state index is 12.9. The van der Waals surface area contributed by atoms with E-state index in [4.69, 9.17) is 4.98 Å². The van der Waals surface area contributed by atoms with Gasteiger partial charge >= 0.3 is 0 Å². The standard InChI is InChI=1S/C18H19N3OS/c1-3-13(2)21-17(22)15-9-4-5-10-16(15)20-18(21)23-12-14-8-6-7-11-19-14/h4-11,13H,3,12H2,1-2H3/t13-/m0/s1. The van der Waals surface area contributed by atoms with E-state index in [0.29, 0.717) is 11.1 Å². The molecule has 23 heavy (non-hydrogen) atoms. The van der Waals surface area contributed by atoms with Gasteiger partial charge in [0.25, 0.3) is 5.56 Å². The highest BCUT2D eigenvalue weighted by Gasteiger charge is 2.15. The van der Waals surface area contributed by atoms with Gasteiger partial charge in [-0.05, 0) is 37.6 Å². The fourth-order valence-corrected chi connectivity index (χ4v) is 3.43. The molecule has 0 unspecified atom stereocenters. The van der Waals surface area contributed by atoms with Gasteiger partial charge in [-0.2, -0.15) is 0 Å². The number of nitrogens with zero attached hydrogens (tertiary/aromatic N) is 3. The molecular formula is C18H19N3OS. The van der Waals surface area contributed by atoms with Crippen LogP contribution in [0.25, 0.3) is 10.9 Å². The van der Waals surface area contributed by atoms with Crippen molar-refractivity contribution in [1.82, 2.24) is 14.5 Å². The third-order valence-corrected chi connectivity index (χ3v) is 4.87. The van der Waals surface area contributed by atoms with Gasteiger partial charge in [-0.3, -0.25) is 14.3 Å². The highest BCUT2D eigenvalue weighted by molar-refractivity contribution is 7.98. The summed E-state index contributed by atoms with van der Waals surface area (Å²) < 4.78 is 1.82. The van der Waals surface area contributed by atoms with Gasteiger partial charge in [0, 0.05) is 18.0 Å². The second-order valence-electron chi connectivity index (χ2n) is 5.45. The topological polar surface area (TPSA) is 47.8 Å². The maximum absolute atomic E-state index is 12.9. The molecule has 3 aromatic rings. The van der Waals surface area contributed by atoms with Gasteiger partial charge in [0.05, 0.1) is 16.6 Å². The Kier molecular flexibility index (Phi) is 4.76. The fraction of sp³-hybridized carbons (Fsp3) is 0.278. The summed E-state index contributed by atoms with van der Waals surface area (Å²) >= 11 is 1.56. The Balaban J connectivity index is 2.05. The first-order chi connectivity index (χ1) is 11.2. The zero-order chi connectivity index (χ0) is 16.2. The Labute approximate surface area is 139 Å². The van der Waals surface area contributed by atoms with Gasteiger partial charge in [-0.25, -0.2) is 4.98 Å². The molecule has 0 spiro atoms. The van der Waals surface area contributed by atoms with E-state index in [1.165, 1.54) is 0 Å². The van der Waals surface area contributed by atoms with Crippen molar-refractivity contribution in [1.29, 1.82) is 0 Å². The predicted molar refractivity (Wildman–Crippen MR) is 94.8 cm³/mol. The fourth-order valence-electron chi connectivity index (χ4n) is 2.42. The van der Waals surface area contributed by atoms with Crippen molar-refractivity contribution in [2.45, 2.75) is 37.2 Å². The molecule has 0 aliphatic rings. The van der Waals surface area contributed by atoms with Crippen LogP contribution in [0.3, 0.4) is 0 Å². The van der Waals surface area contributed by atoms with Crippen LogP contribution in [0.15, 0.2) is 58.6 Å². The van der Waals surface area contributed by atoms with Crippen molar-refractivity contribution in [2.75, 3.05) is 0 Å². The summed E-state index contributed by atoms with van der Waals surface area (Å²) in [4.78, 5) is 21.9. The molecule has 1 atom stereocenters. The lowest BCUT2D eigenvalue weighted by Crippen LogP contribution is -2.26. The molecule has 0 N–H and O–H groups in total. The lowest BCUT2D eigenvalue weighted by atomic mass is 10.2. The minimum absolute atomic E-state index is 0.0356. The molecule has 2 heterocycles. The van der Waals surface area contributed by atoms with E-state index in [0.717, 1.165) is 22.8 Å². The highest BCUT2D eigenvalue weighted by atomic mass is 32.2. The molecular weight excluding hydrogens is 306 g/mol. The summed E-state index contributed by atoms with van der Waals surface area (Å²) in [7, 11) is 0. The van der Waals surface area contributed by atoms with Crippen molar-refractivity contribution in [3.8, 4) is 0 Å². The minimum atomic E-state index is 0.0356. The van der Waals surface area contributed by atoms with Crippen LogP contribution in [0.4, 0.5) is 0 Å². The van der Waals surface area contributed by atoms with Crippen molar-refractivity contribution < 1.29 is 0 Å². The third kappa shape index (κ3) is 3.29. The number of hydrogen-bond acceptors (Lipinski definition) is 4. The molecule has 0 saturated heterocycles. The Morgan fingerprint density at radius 1 is 1.17 bits per heavy atom. The molecule has 5 heteroatoms. The second-order valence-corrected chi connectivity index (χ2v) is 6.40. The molecule has 0 amide bonds. The minimum Gasteiger partial charge on any atom is -0.284 e. The summed E-state index contributed by atoms with van der Waals surface area (Å²) in [6.07, 6.45) is 2.67. The molecule has 0 bridgehead atoms. The van der Waals surface area contributed by atoms with Crippen LogP contribution in [0.2, 0.25) is 0 Å². The second kappa shape index (κ2) is 6.96. The van der Waals surface area contributed by atoms with E-state index < -0.39 is 0 Å². The number of thioether (sulfide) groups is 1. The summed E-state index contributed by atoms with van der Waals surface area (Å²) in [6.45, 7) is 4.14. The van der Waals surface area contributed by atoms with E-state index in [2.05, 4.69) is 18.8 Å². The molecule has 0 fully saturated rings. The van der Waals surface area contributed by atoms with Crippen LogP contribution in [-0.4, -0.2) is 14.5 Å². The van der Waals surface area contributed by atoms with Crippen LogP contribution in [0.1, 0.15) is 32.0 Å². The van der Waals surface area contributed by atoms with Gasteiger partial charge in [-0.1, -0.05) is 36.9 Å². The molecule has 4 nitrogen and oxygen atoms in total. The zero-order valence-corrected chi connectivity index (χ0v) is 14.1. The molecule has 3 rings (SSSR count). The Morgan fingerprint density at radius 2 is 1.96 bits per heavy atom. The van der Waals surface area contributed by atoms with Crippen molar-refractivity contribution in [2.24, 2.45) is 0 Å². The average molecular weight is 325 g/mol. The largest absolute Gasteiger partial charge is 0.284 e. The molecule has 118 valence electrons. The highest BCUT2D eigenvalue weighted by Crippen LogP contribution is 2.24. The quantitative estimate of drug-likeness (QED) is 0.524. The lowest BCUT2D eigenvalue weighted by Gasteiger charge is -2.18. The summed E-state index contributed by atoms with van der Waals surface area (Å²) in [5.74, 6) is 0.696. The smallest absolute Gasteiger partial charge is 0.262 e. The molecule has 0 radical (unpaired) electrons. The number of aromatic nitrogens is 3. The van der Waals surface area contributed by atoms with Crippen molar-refractivity contribution >= 4 is 22.7 Å². The van der Waals surface area contributed by atoms with Gasteiger partial charge < -0.3 is 0 Å². The van der Waals surface area contributed by atoms with E-state index in [1.807, 2.05) is 47.0 Å². The van der Waals surface area contributed by atoms with Gasteiger partial charge in [-0.15, -0.1) is 0 Å². The maximum Gasteiger partial charge on any atom is 0.262 e. The number of fused-ring (bicyclic) bond motifs is 1. The van der Waals surface area contributed by atoms with E-state index >= 15 is 0 Å². The lowest BCUT2D eigenvalue weighted by molar-refractivity contribution is 0.468. The molecule has 0 aliphatic heterocycles. The first-order valence-corrected chi connectivity index (χ1v) is 8.73. The van der Waals surface area contributed by atoms with Crippen LogP contribution in [0.5, 0.6) is 0 Å².